The van der Waals surface area contributed by atoms with E-state index in [0.29, 0.717) is 0 Å². The third-order valence-corrected chi connectivity index (χ3v) is 2.66. The monoisotopic (exact) mass is 218 g/mol. The molecule has 1 aromatic rings. The van der Waals surface area contributed by atoms with Gasteiger partial charge in [-0.05, 0) is 45.6 Å². The zero-order chi connectivity index (χ0) is 12.1. The van der Waals surface area contributed by atoms with Gasteiger partial charge in [0.05, 0.1) is 6.10 Å². The molecule has 1 unspecified atom stereocenters. The molecule has 1 heteroatoms. The van der Waals surface area contributed by atoms with Crippen molar-refractivity contribution >= 4 is 0 Å². The number of aliphatic hydroxyl groups is 1. The Morgan fingerprint density at radius 2 is 1.81 bits per heavy atom. The van der Waals surface area contributed by atoms with E-state index in [4.69, 9.17) is 0 Å². The van der Waals surface area contributed by atoms with E-state index in [1.54, 1.807) is 0 Å². The fourth-order valence-corrected chi connectivity index (χ4v) is 1.97. The minimum Gasteiger partial charge on any atom is -0.393 e. The quantitative estimate of drug-likeness (QED) is 0.749. The van der Waals surface area contributed by atoms with Crippen molar-refractivity contribution in [1.29, 1.82) is 0 Å². The molecule has 1 rings (SSSR count). The van der Waals surface area contributed by atoms with Gasteiger partial charge in [0.1, 0.15) is 0 Å². The fraction of sp³-hybridized carbons (Fsp3) is 0.467. The van der Waals surface area contributed by atoms with Crippen molar-refractivity contribution in [2.45, 2.75) is 46.1 Å². The Morgan fingerprint density at radius 3 is 2.31 bits per heavy atom. The topological polar surface area (TPSA) is 20.2 Å². The van der Waals surface area contributed by atoms with Crippen LogP contribution in [0.2, 0.25) is 0 Å². The summed E-state index contributed by atoms with van der Waals surface area (Å²) in [7, 11) is 0. The van der Waals surface area contributed by atoms with Gasteiger partial charge in [-0.3, -0.25) is 0 Å². The van der Waals surface area contributed by atoms with Crippen molar-refractivity contribution in [3.63, 3.8) is 0 Å². The molecule has 0 radical (unpaired) electrons. The Balaban J connectivity index is 2.55. The minimum atomic E-state index is -0.252. The van der Waals surface area contributed by atoms with Crippen LogP contribution in [0.25, 0.3) is 0 Å². The summed E-state index contributed by atoms with van der Waals surface area (Å²) in [5.74, 6) is 0. The third kappa shape index (κ3) is 4.63. The van der Waals surface area contributed by atoms with Crippen LogP contribution in [0.4, 0.5) is 0 Å². The largest absolute Gasteiger partial charge is 0.393 e. The van der Waals surface area contributed by atoms with Crippen molar-refractivity contribution in [1.82, 2.24) is 0 Å². The summed E-state index contributed by atoms with van der Waals surface area (Å²) >= 11 is 0. The number of aliphatic hydroxyl groups excluding tert-OH is 1. The lowest BCUT2D eigenvalue weighted by molar-refractivity contribution is 0.165. The summed E-state index contributed by atoms with van der Waals surface area (Å²) in [5, 5.41) is 9.89. The zero-order valence-electron chi connectivity index (χ0n) is 10.6. The van der Waals surface area contributed by atoms with Crippen LogP contribution in [0.5, 0.6) is 0 Å². The van der Waals surface area contributed by atoms with Crippen LogP contribution < -0.4 is 0 Å². The van der Waals surface area contributed by atoms with Crippen LogP contribution in [0.3, 0.4) is 0 Å². The van der Waals surface area contributed by atoms with Crippen molar-refractivity contribution in [2.24, 2.45) is 0 Å². The number of aryl methyl sites for hydroxylation is 2. The Labute approximate surface area is 98.8 Å². The second kappa shape index (κ2) is 5.86. The van der Waals surface area contributed by atoms with Gasteiger partial charge in [-0.1, -0.05) is 34.9 Å². The van der Waals surface area contributed by atoms with Gasteiger partial charge in [0.25, 0.3) is 0 Å². The van der Waals surface area contributed by atoms with E-state index in [2.05, 4.69) is 38.6 Å². The van der Waals surface area contributed by atoms with E-state index < -0.39 is 0 Å². The summed E-state index contributed by atoms with van der Waals surface area (Å²) in [5.41, 5.74) is 4.90. The predicted octanol–water partition coefficient (Wildman–Crippen LogP) is 3.56. The summed E-state index contributed by atoms with van der Waals surface area (Å²) < 4.78 is 0. The Morgan fingerprint density at radius 1 is 1.25 bits per heavy atom. The number of hydrogen-bond acceptors (Lipinski definition) is 1. The first kappa shape index (κ1) is 13.0. The Hall–Kier alpha value is -1.08. The van der Waals surface area contributed by atoms with E-state index in [1.165, 1.54) is 16.7 Å². The van der Waals surface area contributed by atoms with Crippen LogP contribution in [0, 0.1) is 13.8 Å². The maximum Gasteiger partial charge on any atom is 0.0583 e. The molecule has 0 aliphatic rings. The molecule has 16 heavy (non-hydrogen) atoms. The predicted molar refractivity (Wildman–Crippen MR) is 69.7 cm³/mol. The molecule has 1 aromatic carbocycles. The van der Waals surface area contributed by atoms with E-state index in [-0.39, 0.29) is 6.10 Å². The smallest absolute Gasteiger partial charge is 0.0583 e. The molecule has 0 aliphatic carbocycles. The standard InChI is InChI=1S/C15H22O/c1-11(2)5-6-15(16)10-14-8-12(3)7-13(4)9-14/h7-9,15-16H,1,5-6,10H2,2-4H3. The molecule has 0 amide bonds. The lowest BCUT2D eigenvalue weighted by atomic mass is 9.99. The maximum atomic E-state index is 9.89. The third-order valence-electron chi connectivity index (χ3n) is 2.66. The lowest BCUT2D eigenvalue weighted by Gasteiger charge is -2.11. The van der Waals surface area contributed by atoms with Gasteiger partial charge in [0, 0.05) is 0 Å². The van der Waals surface area contributed by atoms with Crippen molar-refractivity contribution in [3.05, 3.63) is 47.0 Å². The fourth-order valence-electron chi connectivity index (χ4n) is 1.97. The molecule has 88 valence electrons. The van der Waals surface area contributed by atoms with Gasteiger partial charge in [0.15, 0.2) is 0 Å². The first-order valence-electron chi connectivity index (χ1n) is 5.87. The number of allylic oxidation sites excluding steroid dienone is 1. The number of hydrogen-bond donors (Lipinski definition) is 1. The summed E-state index contributed by atoms with van der Waals surface area (Å²) in [6.07, 6.45) is 2.21. The molecule has 0 aromatic heterocycles. The Bertz CT molecular complexity index is 345. The highest BCUT2D eigenvalue weighted by Crippen LogP contribution is 2.14. The molecule has 0 saturated heterocycles. The second-order valence-electron chi connectivity index (χ2n) is 4.85. The van der Waals surface area contributed by atoms with Crippen LogP contribution >= 0.6 is 0 Å². The summed E-state index contributed by atoms with van der Waals surface area (Å²) in [4.78, 5) is 0. The van der Waals surface area contributed by atoms with Crippen LogP contribution in [0.1, 0.15) is 36.5 Å². The van der Waals surface area contributed by atoms with Gasteiger partial charge < -0.3 is 5.11 Å². The molecule has 0 fully saturated rings. The SMILES string of the molecule is C=C(C)CCC(O)Cc1cc(C)cc(C)c1. The Kier molecular flexibility index (Phi) is 4.75. The average molecular weight is 218 g/mol. The first-order valence-corrected chi connectivity index (χ1v) is 5.87. The van der Waals surface area contributed by atoms with Gasteiger partial charge in [-0.2, -0.15) is 0 Å². The minimum absolute atomic E-state index is 0.252. The molecule has 1 nitrogen and oxygen atoms in total. The van der Waals surface area contributed by atoms with Gasteiger partial charge in [-0.25, -0.2) is 0 Å². The van der Waals surface area contributed by atoms with Gasteiger partial charge >= 0.3 is 0 Å². The summed E-state index contributed by atoms with van der Waals surface area (Å²) in [6.45, 7) is 10.0. The molecule has 0 saturated carbocycles. The highest BCUT2D eigenvalue weighted by Gasteiger charge is 2.06. The summed E-state index contributed by atoms with van der Waals surface area (Å²) in [6, 6.07) is 6.46. The molecule has 1 atom stereocenters. The van der Waals surface area contributed by atoms with Crippen LogP contribution in [-0.4, -0.2) is 11.2 Å². The van der Waals surface area contributed by atoms with Gasteiger partial charge in [-0.15, -0.1) is 6.58 Å². The van der Waals surface area contributed by atoms with E-state index in [9.17, 15) is 5.11 Å². The normalized spacial score (nSPS) is 12.5. The number of benzene rings is 1. The average Bonchev–Trinajstić information content (AvgIpc) is 2.12. The van der Waals surface area contributed by atoms with Crippen LogP contribution in [-0.2, 0) is 6.42 Å². The lowest BCUT2D eigenvalue weighted by Crippen LogP contribution is -2.10. The highest BCUT2D eigenvalue weighted by atomic mass is 16.3. The van der Waals surface area contributed by atoms with Crippen molar-refractivity contribution in [2.75, 3.05) is 0 Å². The van der Waals surface area contributed by atoms with Crippen molar-refractivity contribution in [3.8, 4) is 0 Å². The molecular weight excluding hydrogens is 196 g/mol. The highest BCUT2D eigenvalue weighted by molar-refractivity contribution is 5.28. The maximum absolute atomic E-state index is 9.89. The molecule has 0 aliphatic heterocycles. The molecule has 0 heterocycles. The zero-order valence-corrected chi connectivity index (χ0v) is 10.6. The van der Waals surface area contributed by atoms with Gasteiger partial charge in [0.2, 0.25) is 0 Å². The second-order valence-corrected chi connectivity index (χ2v) is 4.85. The van der Waals surface area contributed by atoms with E-state index >= 15 is 0 Å². The first-order chi connectivity index (χ1) is 7.47. The van der Waals surface area contributed by atoms with Crippen LogP contribution in [0.15, 0.2) is 30.4 Å². The molecule has 0 bridgehead atoms. The molecular formula is C15H22O. The van der Waals surface area contributed by atoms with E-state index in [0.717, 1.165) is 24.8 Å². The molecule has 0 spiro atoms. The number of rotatable bonds is 5. The van der Waals surface area contributed by atoms with Crippen molar-refractivity contribution < 1.29 is 5.11 Å². The molecule has 1 N–H and O–H groups in total. The van der Waals surface area contributed by atoms with E-state index in [1.807, 2.05) is 6.92 Å².